The largest absolute Gasteiger partial charge is 0.569 e. The minimum atomic E-state index is -0.359. The minimum Gasteiger partial charge on any atom is -0.569 e. The molecule has 10 nitrogen and oxygen atoms in total. The van der Waals surface area contributed by atoms with E-state index in [4.69, 9.17) is 4.84 Å². The van der Waals surface area contributed by atoms with Crippen LogP contribution in [-0.2, 0) is 4.84 Å². The van der Waals surface area contributed by atoms with Crippen molar-refractivity contribution < 1.29 is 9.81 Å². The second kappa shape index (κ2) is 7.54. The summed E-state index contributed by atoms with van der Waals surface area (Å²) >= 11 is 0. The molecule has 0 unspecified atom stereocenters. The molecule has 3 heterocycles. The van der Waals surface area contributed by atoms with Crippen LogP contribution >= 0.6 is 0 Å². The zero-order valence-corrected chi connectivity index (χ0v) is 15.2. The van der Waals surface area contributed by atoms with Crippen molar-refractivity contribution in [2.45, 2.75) is 45.3 Å². The van der Waals surface area contributed by atoms with Crippen molar-refractivity contribution >= 4 is 5.82 Å². The maximum Gasteiger partial charge on any atom is 0.233 e. The van der Waals surface area contributed by atoms with Crippen molar-refractivity contribution in [1.82, 2.24) is 25.4 Å². The van der Waals surface area contributed by atoms with E-state index in [2.05, 4.69) is 30.9 Å². The summed E-state index contributed by atoms with van der Waals surface area (Å²) in [6, 6.07) is 3.93. The van der Waals surface area contributed by atoms with Crippen molar-refractivity contribution in [3.05, 3.63) is 35.9 Å². The van der Waals surface area contributed by atoms with E-state index in [1.54, 1.807) is 23.3 Å². The maximum absolute atomic E-state index is 11.6. The van der Waals surface area contributed by atoms with Gasteiger partial charge in [-0.25, -0.2) is 9.67 Å². The first kappa shape index (κ1) is 17.9. The molecule has 1 N–H and O–H groups in total. The maximum atomic E-state index is 11.6. The van der Waals surface area contributed by atoms with Crippen molar-refractivity contribution in [1.29, 1.82) is 0 Å². The fourth-order valence-electron chi connectivity index (χ4n) is 2.65. The lowest BCUT2D eigenvalue weighted by Crippen LogP contribution is -2.41. The van der Waals surface area contributed by atoms with Gasteiger partial charge in [0.1, 0.15) is 11.9 Å². The predicted molar refractivity (Wildman–Crippen MR) is 94.4 cm³/mol. The third-order valence-corrected chi connectivity index (χ3v) is 3.89. The van der Waals surface area contributed by atoms with Crippen LogP contribution in [0.5, 0.6) is 0 Å². The Morgan fingerprint density at radius 3 is 2.65 bits per heavy atom. The molecule has 26 heavy (non-hydrogen) atoms. The van der Waals surface area contributed by atoms with Gasteiger partial charge in [-0.1, -0.05) is 5.21 Å². The molecule has 1 fully saturated rings. The van der Waals surface area contributed by atoms with Crippen LogP contribution in [0.3, 0.4) is 0 Å². The predicted octanol–water partition coefficient (Wildman–Crippen LogP) is 1.83. The highest BCUT2D eigenvalue weighted by atomic mass is 16.7. The number of hydrazine groups is 1. The summed E-state index contributed by atoms with van der Waals surface area (Å²) in [5, 5.41) is 22.9. The minimum absolute atomic E-state index is 0.0705. The number of hydrogen-bond acceptors (Lipinski definition) is 7. The van der Waals surface area contributed by atoms with Gasteiger partial charge in [0.25, 0.3) is 0 Å². The number of pyridine rings is 1. The molecule has 0 radical (unpaired) electrons. The molecule has 0 atom stereocenters. The number of piperidine rings is 1. The number of hydrogen-bond donors (Lipinski definition) is 1. The van der Waals surface area contributed by atoms with E-state index in [1.165, 1.54) is 0 Å². The Labute approximate surface area is 152 Å². The zero-order chi connectivity index (χ0) is 18.6. The number of nitrogens with zero attached hydrogens (tertiary/aromatic N) is 7. The summed E-state index contributed by atoms with van der Waals surface area (Å²) in [5.41, 5.74) is 3.17. The lowest BCUT2D eigenvalue weighted by molar-refractivity contribution is -0.626. The normalized spacial score (nSPS) is 16.6. The van der Waals surface area contributed by atoms with Gasteiger partial charge in [-0.15, -0.1) is 5.10 Å². The van der Waals surface area contributed by atoms with Gasteiger partial charge in [0.2, 0.25) is 5.28 Å². The van der Waals surface area contributed by atoms with E-state index in [9.17, 15) is 5.21 Å². The topological polar surface area (TPSA) is 107 Å². The van der Waals surface area contributed by atoms with Crippen molar-refractivity contribution in [3.63, 3.8) is 0 Å². The van der Waals surface area contributed by atoms with Crippen molar-refractivity contribution in [2.75, 3.05) is 18.0 Å². The Kier molecular flexibility index (Phi) is 5.19. The van der Waals surface area contributed by atoms with Gasteiger partial charge < -0.3 is 14.9 Å². The van der Waals surface area contributed by atoms with Crippen molar-refractivity contribution in [3.8, 4) is 5.69 Å². The van der Waals surface area contributed by atoms with E-state index < -0.39 is 0 Å². The monoisotopic (exact) mass is 360 g/mol. The Balaban J connectivity index is 1.50. The molecule has 0 saturated carbocycles. The first-order valence-electron chi connectivity index (χ1n) is 8.60. The van der Waals surface area contributed by atoms with E-state index in [1.807, 2.05) is 32.9 Å². The molecular weight excluding hydrogens is 336 g/mol. The van der Waals surface area contributed by atoms with Crippen LogP contribution in [0.4, 0.5) is 5.82 Å². The van der Waals surface area contributed by atoms with Crippen LogP contribution in [-0.4, -0.2) is 49.7 Å². The van der Waals surface area contributed by atoms with Crippen LogP contribution in [0.15, 0.2) is 36.0 Å². The Hall–Kier alpha value is -2.91. The first-order valence-corrected chi connectivity index (χ1v) is 8.60. The second-order valence-corrected chi connectivity index (χ2v) is 7.23. The third-order valence-electron chi connectivity index (χ3n) is 3.89. The summed E-state index contributed by atoms with van der Waals surface area (Å²) in [4.78, 5) is 12.4. The van der Waals surface area contributed by atoms with Gasteiger partial charge >= 0.3 is 0 Å². The standard InChI is InChI=1S/C16H24N8O2/c1-16(2,3)19-24(25)21-26-14-6-9-22(10-7-14)15-5-4-13(12-17-15)23-11-8-18-20-23/h4-5,8,11-12,14H,6-7,9-10H2,1-3H3,(H,19,21). The number of anilines is 1. The number of nitrogens with one attached hydrogen (secondary N) is 1. The Bertz CT molecular complexity index is 716. The van der Waals surface area contributed by atoms with Gasteiger partial charge in [0.15, 0.2) is 0 Å². The van der Waals surface area contributed by atoms with Gasteiger partial charge in [-0.05, 0) is 32.9 Å². The number of rotatable bonds is 5. The lowest BCUT2D eigenvalue weighted by Gasteiger charge is -2.31. The highest BCUT2D eigenvalue weighted by Crippen LogP contribution is 2.20. The van der Waals surface area contributed by atoms with Crippen LogP contribution in [0.25, 0.3) is 5.69 Å². The average molecular weight is 360 g/mol. The quantitative estimate of drug-likeness (QED) is 0.492. The summed E-state index contributed by atoms with van der Waals surface area (Å²) in [6.45, 7) is 7.23. The third kappa shape index (κ3) is 4.80. The zero-order valence-electron chi connectivity index (χ0n) is 15.2. The summed E-state index contributed by atoms with van der Waals surface area (Å²) in [5.74, 6) is 0.907. The van der Waals surface area contributed by atoms with Crippen molar-refractivity contribution in [2.24, 2.45) is 5.28 Å². The average Bonchev–Trinajstić information content (AvgIpc) is 3.14. The Morgan fingerprint density at radius 1 is 1.31 bits per heavy atom. The van der Waals surface area contributed by atoms with E-state index in [0.29, 0.717) is 4.97 Å². The van der Waals surface area contributed by atoms with E-state index in [-0.39, 0.29) is 11.6 Å². The fourth-order valence-corrected chi connectivity index (χ4v) is 2.65. The fraction of sp³-hybridized carbons (Fsp3) is 0.562. The summed E-state index contributed by atoms with van der Waals surface area (Å²) in [7, 11) is 0. The van der Waals surface area contributed by atoms with Crippen LogP contribution in [0.2, 0.25) is 0 Å². The molecule has 1 aliphatic heterocycles. The molecule has 0 bridgehead atoms. The molecule has 140 valence electrons. The van der Waals surface area contributed by atoms with E-state index >= 15 is 0 Å². The molecule has 2 aromatic rings. The molecule has 10 heteroatoms. The molecule has 3 rings (SSSR count). The number of aromatic nitrogens is 4. The molecule has 0 aromatic carbocycles. The second-order valence-electron chi connectivity index (χ2n) is 7.23. The van der Waals surface area contributed by atoms with Gasteiger partial charge in [-0.2, -0.15) is 5.43 Å². The lowest BCUT2D eigenvalue weighted by atomic mass is 10.1. The molecule has 0 amide bonds. The molecule has 0 spiro atoms. The van der Waals surface area contributed by atoms with Gasteiger partial charge in [0, 0.05) is 25.9 Å². The highest BCUT2D eigenvalue weighted by Gasteiger charge is 2.23. The smallest absolute Gasteiger partial charge is 0.233 e. The van der Waals surface area contributed by atoms with Crippen LogP contribution < -0.4 is 10.3 Å². The highest BCUT2D eigenvalue weighted by molar-refractivity contribution is 5.43. The molecule has 0 aliphatic carbocycles. The van der Waals surface area contributed by atoms with Gasteiger partial charge in [-0.3, -0.25) is 0 Å². The molecule has 1 aliphatic rings. The molecule has 2 aromatic heterocycles. The van der Waals surface area contributed by atoms with E-state index in [0.717, 1.165) is 37.4 Å². The molecule has 1 saturated heterocycles. The van der Waals surface area contributed by atoms with Crippen LogP contribution in [0.1, 0.15) is 33.6 Å². The first-order chi connectivity index (χ1) is 12.4. The SMILES string of the molecule is CC(C)(C)N/[N+]([O-])=N/OC1CCN(c2ccc(-n3ccnn3)cn2)CC1. The van der Waals surface area contributed by atoms with Crippen LogP contribution in [0, 0.1) is 5.21 Å². The van der Waals surface area contributed by atoms with Gasteiger partial charge in [0.05, 0.1) is 34.8 Å². The molecular formula is C16H24N8O2. The summed E-state index contributed by atoms with van der Waals surface area (Å²) < 4.78 is 1.67. The summed E-state index contributed by atoms with van der Waals surface area (Å²) in [6.07, 6.45) is 6.66. The Morgan fingerprint density at radius 2 is 2.08 bits per heavy atom.